The predicted molar refractivity (Wildman–Crippen MR) is 119 cm³/mol. The third-order valence-electron chi connectivity index (χ3n) is 4.64. The van der Waals surface area contributed by atoms with E-state index in [0.29, 0.717) is 17.0 Å². The van der Waals surface area contributed by atoms with Crippen molar-refractivity contribution >= 4 is 17.5 Å². The molecule has 1 atom stereocenters. The number of anilines is 1. The van der Waals surface area contributed by atoms with Crippen molar-refractivity contribution in [2.75, 3.05) is 11.9 Å². The standard InChI is InChI=1S/C25H26N2O3/c1-19(16-17-20-10-4-2-5-11-20)26-24(28)18-30-23-15-9-8-14-22(23)25(29)27-21-12-6-3-7-13-21/h2-15,19H,16-18H2,1H3,(H,26,28)(H,27,29)/t19-/m1/s1. The highest BCUT2D eigenvalue weighted by Crippen LogP contribution is 2.19. The van der Waals surface area contributed by atoms with Gasteiger partial charge >= 0.3 is 0 Å². The lowest BCUT2D eigenvalue weighted by Gasteiger charge is -2.15. The number of carbonyl (C=O) groups is 2. The number of carbonyl (C=O) groups excluding carboxylic acids is 2. The molecule has 3 aromatic rings. The Morgan fingerprint density at radius 2 is 1.50 bits per heavy atom. The van der Waals surface area contributed by atoms with Gasteiger partial charge in [0.05, 0.1) is 5.56 Å². The molecule has 30 heavy (non-hydrogen) atoms. The van der Waals surface area contributed by atoms with Gasteiger partial charge in [0, 0.05) is 11.7 Å². The van der Waals surface area contributed by atoms with Crippen LogP contribution in [0.5, 0.6) is 5.75 Å². The number of benzene rings is 3. The van der Waals surface area contributed by atoms with E-state index >= 15 is 0 Å². The molecule has 3 aromatic carbocycles. The minimum absolute atomic E-state index is 0.0259. The summed E-state index contributed by atoms with van der Waals surface area (Å²) in [6.07, 6.45) is 1.73. The van der Waals surface area contributed by atoms with Gasteiger partial charge in [-0.05, 0) is 49.6 Å². The van der Waals surface area contributed by atoms with Crippen LogP contribution in [0.3, 0.4) is 0 Å². The zero-order chi connectivity index (χ0) is 21.2. The Hall–Kier alpha value is -3.60. The molecular weight excluding hydrogens is 376 g/mol. The smallest absolute Gasteiger partial charge is 0.259 e. The van der Waals surface area contributed by atoms with Gasteiger partial charge in [0.25, 0.3) is 11.8 Å². The summed E-state index contributed by atoms with van der Waals surface area (Å²) in [5, 5.41) is 5.78. The lowest BCUT2D eigenvalue weighted by molar-refractivity contribution is -0.123. The lowest BCUT2D eigenvalue weighted by Crippen LogP contribution is -2.36. The minimum atomic E-state index is -0.284. The molecule has 0 fully saturated rings. The van der Waals surface area contributed by atoms with E-state index in [1.165, 1.54) is 5.56 Å². The van der Waals surface area contributed by atoms with Crippen molar-refractivity contribution in [3.8, 4) is 5.75 Å². The Morgan fingerprint density at radius 3 is 2.23 bits per heavy atom. The molecule has 5 heteroatoms. The monoisotopic (exact) mass is 402 g/mol. The second-order valence-corrected chi connectivity index (χ2v) is 7.10. The molecule has 0 saturated carbocycles. The van der Waals surface area contributed by atoms with E-state index in [1.807, 2.05) is 55.5 Å². The first-order chi connectivity index (χ1) is 14.6. The van der Waals surface area contributed by atoms with E-state index < -0.39 is 0 Å². The van der Waals surface area contributed by atoms with E-state index in [2.05, 4.69) is 22.8 Å². The normalized spacial score (nSPS) is 11.4. The van der Waals surface area contributed by atoms with Gasteiger partial charge in [-0.2, -0.15) is 0 Å². The van der Waals surface area contributed by atoms with Crippen molar-refractivity contribution < 1.29 is 14.3 Å². The van der Waals surface area contributed by atoms with Crippen molar-refractivity contribution in [3.05, 3.63) is 96.1 Å². The number of hydrogen-bond acceptors (Lipinski definition) is 3. The average Bonchev–Trinajstić information content (AvgIpc) is 2.78. The summed E-state index contributed by atoms with van der Waals surface area (Å²) in [5.74, 6) is -0.125. The molecule has 0 aromatic heterocycles. The molecule has 154 valence electrons. The summed E-state index contributed by atoms with van der Waals surface area (Å²) in [7, 11) is 0. The number of ether oxygens (including phenoxy) is 1. The van der Waals surface area contributed by atoms with Gasteiger partial charge in [-0.15, -0.1) is 0 Å². The van der Waals surface area contributed by atoms with Crippen LogP contribution >= 0.6 is 0 Å². The van der Waals surface area contributed by atoms with Crippen molar-refractivity contribution in [1.82, 2.24) is 5.32 Å². The fraction of sp³-hybridized carbons (Fsp3) is 0.200. The van der Waals surface area contributed by atoms with Crippen LogP contribution in [0.25, 0.3) is 0 Å². The zero-order valence-corrected chi connectivity index (χ0v) is 17.0. The fourth-order valence-corrected chi connectivity index (χ4v) is 3.06. The van der Waals surface area contributed by atoms with E-state index in [1.54, 1.807) is 24.3 Å². The molecule has 0 spiro atoms. The largest absolute Gasteiger partial charge is 0.483 e. The van der Waals surface area contributed by atoms with Gasteiger partial charge in [-0.1, -0.05) is 60.7 Å². The minimum Gasteiger partial charge on any atom is -0.483 e. The molecule has 5 nitrogen and oxygen atoms in total. The van der Waals surface area contributed by atoms with Gasteiger partial charge in [0.2, 0.25) is 0 Å². The van der Waals surface area contributed by atoms with Gasteiger partial charge in [-0.25, -0.2) is 0 Å². The van der Waals surface area contributed by atoms with Crippen LogP contribution in [0.2, 0.25) is 0 Å². The summed E-state index contributed by atoms with van der Waals surface area (Å²) in [4.78, 5) is 24.9. The molecule has 0 aliphatic heterocycles. The van der Waals surface area contributed by atoms with Gasteiger partial charge < -0.3 is 15.4 Å². The molecule has 3 rings (SSSR count). The van der Waals surface area contributed by atoms with E-state index in [-0.39, 0.29) is 24.5 Å². The van der Waals surface area contributed by atoms with Crippen LogP contribution in [0.15, 0.2) is 84.9 Å². The maximum absolute atomic E-state index is 12.6. The average molecular weight is 402 g/mol. The Kier molecular flexibility index (Phi) is 7.61. The first-order valence-electron chi connectivity index (χ1n) is 10.0. The summed E-state index contributed by atoms with van der Waals surface area (Å²) in [6, 6.07) is 26.3. The Balaban J connectivity index is 1.50. The maximum Gasteiger partial charge on any atom is 0.259 e. The number of rotatable bonds is 9. The van der Waals surface area contributed by atoms with Crippen molar-refractivity contribution in [1.29, 1.82) is 0 Å². The SMILES string of the molecule is C[C@H](CCc1ccccc1)NC(=O)COc1ccccc1C(=O)Nc1ccccc1. The second-order valence-electron chi connectivity index (χ2n) is 7.10. The molecule has 0 heterocycles. The molecular formula is C25H26N2O3. The van der Waals surface area contributed by atoms with E-state index in [4.69, 9.17) is 4.74 Å². The summed E-state index contributed by atoms with van der Waals surface area (Å²) in [5.41, 5.74) is 2.32. The van der Waals surface area contributed by atoms with Crippen molar-refractivity contribution in [2.24, 2.45) is 0 Å². The van der Waals surface area contributed by atoms with Crippen LogP contribution in [0, 0.1) is 0 Å². The first kappa shape index (κ1) is 21.1. The van der Waals surface area contributed by atoms with Gasteiger partial charge in [0.1, 0.15) is 5.75 Å². The highest BCUT2D eigenvalue weighted by Gasteiger charge is 2.14. The molecule has 0 aliphatic carbocycles. The van der Waals surface area contributed by atoms with Gasteiger partial charge in [0.15, 0.2) is 6.61 Å². The molecule has 2 N–H and O–H groups in total. The van der Waals surface area contributed by atoms with Crippen LogP contribution < -0.4 is 15.4 Å². The van der Waals surface area contributed by atoms with Crippen molar-refractivity contribution in [2.45, 2.75) is 25.8 Å². The number of aryl methyl sites for hydroxylation is 1. The number of hydrogen-bond donors (Lipinski definition) is 2. The second kappa shape index (κ2) is 10.8. The van der Waals surface area contributed by atoms with Gasteiger partial charge in [-0.3, -0.25) is 9.59 Å². The summed E-state index contributed by atoms with van der Waals surface area (Å²) < 4.78 is 5.65. The fourth-order valence-electron chi connectivity index (χ4n) is 3.06. The lowest BCUT2D eigenvalue weighted by atomic mass is 10.1. The highest BCUT2D eigenvalue weighted by atomic mass is 16.5. The Bertz CT molecular complexity index is 958. The highest BCUT2D eigenvalue weighted by molar-refractivity contribution is 6.06. The summed E-state index contributed by atoms with van der Waals surface area (Å²) >= 11 is 0. The van der Waals surface area contributed by atoms with E-state index in [0.717, 1.165) is 12.8 Å². The Labute approximate surface area is 177 Å². The number of nitrogens with one attached hydrogen (secondary N) is 2. The zero-order valence-electron chi connectivity index (χ0n) is 17.0. The first-order valence-corrected chi connectivity index (χ1v) is 10.0. The molecule has 0 bridgehead atoms. The molecule has 0 saturated heterocycles. The number of para-hydroxylation sites is 2. The molecule has 0 aliphatic rings. The quantitative estimate of drug-likeness (QED) is 0.555. The maximum atomic E-state index is 12.6. The van der Waals surface area contributed by atoms with E-state index in [9.17, 15) is 9.59 Å². The number of amides is 2. The van der Waals surface area contributed by atoms with Crippen molar-refractivity contribution in [3.63, 3.8) is 0 Å². The van der Waals surface area contributed by atoms with Crippen LogP contribution in [0.4, 0.5) is 5.69 Å². The molecule has 2 amide bonds. The predicted octanol–water partition coefficient (Wildman–Crippen LogP) is 4.46. The van der Waals surface area contributed by atoms with Crippen LogP contribution in [-0.4, -0.2) is 24.5 Å². The third kappa shape index (κ3) is 6.48. The third-order valence-corrected chi connectivity index (χ3v) is 4.64. The Morgan fingerprint density at radius 1 is 0.867 bits per heavy atom. The summed E-state index contributed by atoms with van der Waals surface area (Å²) in [6.45, 7) is 1.83. The van der Waals surface area contributed by atoms with Crippen LogP contribution in [0.1, 0.15) is 29.3 Å². The van der Waals surface area contributed by atoms with Crippen LogP contribution in [-0.2, 0) is 11.2 Å². The molecule has 0 unspecified atom stereocenters. The molecule has 0 radical (unpaired) electrons. The topological polar surface area (TPSA) is 67.4 Å².